The molecule has 186 valence electrons. The van der Waals surface area contributed by atoms with Gasteiger partial charge in [0.15, 0.2) is 0 Å². The highest BCUT2D eigenvalue weighted by molar-refractivity contribution is 7.19. The molecule has 1 fully saturated rings. The average molecular weight is 510 g/mol. The van der Waals surface area contributed by atoms with Crippen molar-refractivity contribution in [3.05, 3.63) is 71.5 Å². The first-order valence-corrected chi connectivity index (χ1v) is 13.6. The van der Waals surface area contributed by atoms with E-state index in [4.69, 9.17) is 0 Å². The van der Waals surface area contributed by atoms with Crippen LogP contribution in [0.3, 0.4) is 0 Å². The number of anilines is 3. The second-order valence-electron chi connectivity index (χ2n) is 9.79. The van der Waals surface area contributed by atoms with Crippen LogP contribution < -0.4 is 10.2 Å². The molecule has 1 aliphatic heterocycles. The van der Waals surface area contributed by atoms with Gasteiger partial charge in [-0.2, -0.15) is 5.10 Å². The normalized spacial score (nSPS) is 17.8. The van der Waals surface area contributed by atoms with E-state index in [1.54, 1.807) is 17.7 Å². The van der Waals surface area contributed by atoms with E-state index in [9.17, 15) is 4.79 Å². The third-order valence-electron chi connectivity index (χ3n) is 7.61. The van der Waals surface area contributed by atoms with Gasteiger partial charge in [0.05, 0.1) is 17.1 Å². The number of aromatic nitrogens is 4. The number of piperazine rings is 1. The van der Waals surface area contributed by atoms with Gasteiger partial charge in [0, 0.05) is 53.7 Å². The molecule has 37 heavy (non-hydrogen) atoms. The lowest BCUT2D eigenvalue weighted by Gasteiger charge is -2.38. The number of para-hydroxylation sites is 1. The first-order chi connectivity index (χ1) is 18.2. The van der Waals surface area contributed by atoms with Crippen molar-refractivity contribution in [3.63, 3.8) is 0 Å². The first kappa shape index (κ1) is 22.2. The maximum atomic E-state index is 13.5. The fourth-order valence-corrected chi connectivity index (χ4v) is 6.92. The second kappa shape index (κ2) is 9.15. The third kappa shape index (κ3) is 4.09. The number of aryl methyl sites for hydroxylation is 1. The number of benzene rings is 2. The topological polar surface area (TPSA) is 90.0 Å². The van der Waals surface area contributed by atoms with E-state index < -0.39 is 0 Å². The van der Waals surface area contributed by atoms with Crippen molar-refractivity contribution in [2.45, 2.75) is 19.3 Å². The van der Waals surface area contributed by atoms with E-state index in [0.29, 0.717) is 5.91 Å². The maximum Gasteiger partial charge on any atom is 0.226 e. The number of aromatic amines is 1. The number of hydrogen-bond acceptors (Lipinski definition) is 7. The first-order valence-electron chi connectivity index (χ1n) is 12.8. The molecule has 1 amide bonds. The standard InChI is InChI=1S/C28H27N7OS/c36-28(35-12-10-34(11-13-35)21-4-2-1-3-5-21)18-6-8-22-24(15-18)37-27-25(22)26(29-17-30-27)32-20-7-9-23-19(14-20)16-31-33-23/h1-5,7,9,14,16-18H,6,8,10-13,15H2,(H,31,33)(H,29,30,32). The minimum atomic E-state index is 0.0386. The lowest BCUT2D eigenvalue weighted by Crippen LogP contribution is -2.51. The summed E-state index contributed by atoms with van der Waals surface area (Å²) in [6, 6.07) is 16.6. The number of thiophene rings is 1. The number of hydrogen-bond donors (Lipinski definition) is 2. The Bertz CT molecular complexity index is 1590. The Balaban J connectivity index is 1.08. The van der Waals surface area contributed by atoms with Crippen LogP contribution >= 0.6 is 11.3 Å². The zero-order chi connectivity index (χ0) is 24.8. The van der Waals surface area contributed by atoms with Crippen LogP contribution in [0.1, 0.15) is 16.9 Å². The second-order valence-corrected chi connectivity index (χ2v) is 10.9. The number of amides is 1. The quantitative estimate of drug-likeness (QED) is 0.363. The monoisotopic (exact) mass is 509 g/mol. The molecule has 0 saturated carbocycles. The summed E-state index contributed by atoms with van der Waals surface area (Å²) in [6.07, 6.45) is 5.97. The Morgan fingerprint density at radius 3 is 2.78 bits per heavy atom. The molecular formula is C28H27N7OS. The van der Waals surface area contributed by atoms with Crippen molar-refractivity contribution >= 4 is 55.6 Å². The predicted molar refractivity (Wildman–Crippen MR) is 148 cm³/mol. The van der Waals surface area contributed by atoms with Gasteiger partial charge < -0.3 is 15.1 Å². The van der Waals surface area contributed by atoms with E-state index in [1.807, 2.05) is 24.4 Å². The Morgan fingerprint density at radius 2 is 1.92 bits per heavy atom. The van der Waals surface area contributed by atoms with Gasteiger partial charge >= 0.3 is 0 Å². The molecule has 7 rings (SSSR count). The number of carbonyl (C=O) groups is 1. The summed E-state index contributed by atoms with van der Waals surface area (Å²) in [5.41, 5.74) is 4.50. The molecular weight excluding hydrogens is 482 g/mol. The van der Waals surface area contributed by atoms with Crippen molar-refractivity contribution in [2.24, 2.45) is 5.92 Å². The minimum Gasteiger partial charge on any atom is -0.368 e. The Kier molecular flexibility index (Phi) is 5.50. The molecule has 0 spiro atoms. The van der Waals surface area contributed by atoms with Crippen LogP contribution in [-0.2, 0) is 17.6 Å². The molecule has 0 radical (unpaired) electrons. The van der Waals surface area contributed by atoms with Crippen molar-refractivity contribution in [3.8, 4) is 0 Å². The predicted octanol–water partition coefficient (Wildman–Crippen LogP) is 4.76. The van der Waals surface area contributed by atoms with Crippen LogP contribution in [0.25, 0.3) is 21.1 Å². The Hall–Kier alpha value is -3.98. The number of fused-ring (bicyclic) bond motifs is 4. The summed E-state index contributed by atoms with van der Waals surface area (Å²) in [4.78, 5) is 29.3. The van der Waals surface area contributed by atoms with Gasteiger partial charge in [-0.15, -0.1) is 11.3 Å². The third-order valence-corrected chi connectivity index (χ3v) is 8.77. The molecule has 8 nitrogen and oxygen atoms in total. The minimum absolute atomic E-state index is 0.0386. The number of nitrogens with zero attached hydrogens (tertiary/aromatic N) is 5. The van der Waals surface area contributed by atoms with Crippen molar-refractivity contribution in [1.82, 2.24) is 25.1 Å². The summed E-state index contributed by atoms with van der Waals surface area (Å²) in [6.45, 7) is 3.33. The van der Waals surface area contributed by atoms with Gasteiger partial charge in [-0.3, -0.25) is 9.89 Å². The Morgan fingerprint density at radius 1 is 1.05 bits per heavy atom. The van der Waals surface area contributed by atoms with Crippen LogP contribution in [0.15, 0.2) is 61.1 Å². The summed E-state index contributed by atoms with van der Waals surface area (Å²) >= 11 is 1.71. The van der Waals surface area contributed by atoms with Crippen LogP contribution in [0.4, 0.5) is 17.2 Å². The van der Waals surface area contributed by atoms with E-state index in [1.165, 1.54) is 16.1 Å². The highest BCUT2D eigenvalue weighted by Crippen LogP contribution is 2.41. The molecule has 1 saturated heterocycles. The summed E-state index contributed by atoms with van der Waals surface area (Å²) in [5.74, 6) is 1.16. The van der Waals surface area contributed by atoms with Gasteiger partial charge in [0.2, 0.25) is 5.91 Å². The van der Waals surface area contributed by atoms with Crippen molar-refractivity contribution in [1.29, 1.82) is 0 Å². The maximum absolute atomic E-state index is 13.5. The molecule has 3 aromatic heterocycles. The fraction of sp³-hybridized carbons (Fsp3) is 0.286. The van der Waals surface area contributed by atoms with Crippen molar-refractivity contribution < 1.29 is 4.79 Å². The van der Waals surface area contributed by atoms with Crippen LogP contribution in [-0.4, -0.2) is 57.2 Å². The molecule has 2 N–H and O–H groups in total. The molecule has 2 aliphatic rings. The van der Waals surface area contributed by atoms with Gasteiger partial charge in [0.1, 0.15) is 17.0 Å². The molecule has 0 bridgehead atoms. The van der Waals surface area contributed by atoms with E-state index >= 15 is 0 Å². The summed E-state index contributed by atoms with van der Waals surface area (Å²) in [5, 5.41) is 12.7. The molecule has 1 unspecified atom stereocenters. The number of H-pyrrole nitrogens is 1. The Labute approximate surface area is 218 Å². The zero-order valence-corrected chi connectivity index (χ0v) is 21.2. The molecule has 5 aromatic rings. The highest BCUT2D eigenvalue weighted by atomic mass is 32.1. The number of carbonyl (C=O) groups excluding carboxylic acids is 1. The van der Waals surface area contributed by atoms with Crippen LogP contribution in [0.5, 0.6) is 0 Å². The molecule has 4 heterocycles. The average Bonchev–Trinajstić information content (AvgIpc) is 3.57. The fourth-order valence-electron chi connectivity index (χ4n) is 5.66. The SMILES string of the molecule is O=C(C1CCc2c(sc3ncnc(Nc4ccc5[nH]ncc5c4)c23)C1)N1CCN(c2ccccc2)CC1. The van der Waals surface area contributed by atoms with E-state index in [2.05, 4.69) is 65.6 Å². The van der Waals surface area contributed by atoms with Crippen molar-refractivity contribution in [2.75, 3.05) is 36.4 Å². The lowest BCUT2D eigenvalue weighted by molar-refractivity contribution is -0.136. The van der Waals surface area contributed by atoms with E-state index in [0.717, 1.165) is 78.1 Å². The van der Waals surface area contributed by atoms with E-state index in [-0.39, 0.29) is 5.92 Å². The number of rotatable bonds is 4. The largest absolute Gasteiger partial charge is 0.368 e. The molecule has 9 heteroatoms. The van der Waals surface area contributed by atoms with Gasteiger partial charge in [-0.1, -0.05) is 18.2 Å². The van der Waals surface area contributed by atoms with Gasteiger partial charge in [-0.25, -0.2) is 9.97 Å². The molecule has 1 atom stereocenters. The number of nitrogens with one attached hydrogen (secondary N) is 2. The highest BCUT2D eigenvalue weighted by Gasteiger charge is 2.33. The lowest BCUT2D eigenvalue weighted by atomic mass is 9.86. The smallest absolute Gasteiger partial charge is 0.226 e. The van der Waals surface area contributed by atoms with Crippen LogP contribution in [0.2, 0.25) is 0 Å². The van der Waals surface area contributed by atoms with Crippen LogP contribution in [0, 0.1) is 5.92 Å². The van der Waals surface area contributed by atoms with Gasteiger partial charge in [-0.05, 0) is 55.2 Å². The molecule has 1 aliphatic carbocycles. The molecule has 2 aromatic carbocycles. The zero-order valence-electron chi connectivity index (χ0n) is 20.4. The summed E-state index contributed by atoms with van der Waals surface area (Å²) < 4.78 is 0. The summed E-state index contributed by atoms with van der Waals surface area (Å²) in [7, 11) is 0. The van der Waals surface area contributed by atoms with Gasteiger partial charge in [0.25, 0.3) is 0 Å².